The van der Waals surface area contributed by atoms with Crippen molar-refractivity contribution in [2.75, 3.05) is 13.1 Å². The Bertz CT molecular complexity index is 311. The first-order valence-corrected chi connectivity index (χ1v) is 8.58. The van der Waals surface area contributed by atoms with Crippen molar-refractivity contribution in [2.24, 2.45) is 5.92 Å². The van der Waals surface area contributed by atoms with Gasteiger partial charge in [-0.05, 0) is 51.0 Å². The average Bonchev–Trinajstić information content (AvgIpc) is 3.08. The molecule has 114 valence electrons. The maximum absolute atomic E-state index is 9.27. The van der Waals surface area contributed by atoms with Gasteiger partial charge in [-0.15, -0.1) is 0 Å². The highest BCUT2D eigenvalue weighted by Gasteiger charge is 2.26. The molecule has 0 aromatic carbocycles. The second-order valence-electron chi connectivity index (χ2n) is 7.07. The van der Waals surface area contributed by atoms with E-state index in [-0.39, 0.29) is 6.04 Å². The van der Waals surface area contributed by atoms with Crippen LogP contribution < -0.4 is 5.32 Å². The normalized spacial score (nSPS) is 21.6. The molecule has 0 aromatic rings. The fourth-order valence-corrected chi connectivity index (χ4v) is 3.18. The van der Waals surface area contributed by atoms with Crippen LogP contribution in [0.3, 0.4) is 0 Å². The number of nitrogens with one attached hydrogen (secondary N) is 1. The van der Waals surface area contributed by atoms with Crippen molar-refractivity contribution >= 4 is 0 Å². The molecule has 2 saturated carbocycles. The second-order valence-corrected chi connectivity index (χ2v) is 7.07. The van der Waals surface area contributed by atoms with Gasteiger partial charge < -0.3 is 4.90 Å². The molecule has 0 amide bonds. The summed E-state index contributed by atoms with van der Waals surface area (Å²) in [7, 11) is 0. The van der Waals surface area contributed by atoms with Crippen LogP contribution in [0.1, 0.15) is 65.2 Å². The van der Waals surface area contributed by atoms with Crippen LogP contribution >= 0.6 is 0 Å². The predicted molar refractivity (Wildman–Crippen MR) is 83.5 cm³/mol. The molecule has 0 aliphatic heterocycles. The van der Waals surface area contributed by atoms with E-state index in [1.165, 1.54) is 51.5 Å². The van der Waals surface area contributed by atoms with E-state index in [2.05, 4.69) is 30.1 Å². The van der Waals surface area contributed by atoms with E-state index in [0.29, 0.717) is 6.04 Å². The number of nitriles is 1. The summed E-state index contributed by atoms with van der Waals surface area (Å²) < 4.78 is 0. The van der Waals surface area contributed by atoms with Crippen LogP contribution in [0.2, 0.25) is 0 Å². The Kier molecular flexibility index (Phi) is 6.32. The highest BCUT2D eigenvalue weighted by atomic mass is 15.2. The van der Waals surface area contributed by atoms with Gasteiger partial charge in [-0.25, -0.2) is 0 Å². The molecule has 0 heterocycles. The zero-order valence-corrected chi connectivity index (χ0v) is 13.3. The van der Waals surface area contributed by atoms with Crippen molar-refractivity contribution in [2.45, 2.75) is 83.3 Å². The fraction of sp³-hybridized carbons (Fsp3) is 0.941. The molecule has 1 atom stereocenters. The topological polar surface area (TPSA) is 39.1 Å². The molecule has 0 spiro atoms. The van der Waals surface area contributed by atoms with E-state index in [1.807, 2.05) is 0 Å². The molecule has 0 radical (unpaired) electrons. The lowest BCUT2D eigenvalue weighted by Gasteiger charge is -2.30. The maximum Gasteiger partial charge on any atom is 0.0967 e. The molecule has 0 bridgehead atoms. The Morgan fingerprint density at radius 3 is 2.30 bits per heavy atom. The molecule has 0 aromatic heterocycles. The van der Waals surface area contributed by atoms with Gasteiger partial charge in [0, 0.05) is 18.6 Å². The Labute approximate surface area is 124 Å². The van der Waals surface area contributed by atoms with Crippen LogP contribution in [-0.4, -0.2) is 36.1 Å². The fourth-order valence-electron chi connectivity index (χ4n) is 3.18. The molecule has 3 heteroatoms. The quantitative estimate of drug-likeness (QED) is 0.703. The van der Waals surface area contributed by atoms with Crippen molar-refractivity contribution < 1.29 is 0 Å². The summed E-state index contributed by atoms with van der Waals surface area (Å²) in [6.45, 7) is 6.92. The smallest absolute Gasteiger partial charge is 0.0967 e. The zero-order valence-electron chi connectivity index (χ0n) is 13.3. The van der Waals surface area contributed by atoms with Gasteiger partial charge in [-0.1, -0.05) is 26.7 Å². The lowest BCUT2D eigenvalue weighted by Crippen LogP contribution is -2.39. The number of rotatable bonds is 9. The van der Waals surface area contributed by atoms with E-state index in [4.69, 9.17) is 0 Å². The van der Waals surface area contributed by atoms with Gasteiger partial charge in [0.15, 0.2) is 0 Å². The predicted octanol–water partition coefficient (Wildman–Crippen LogP) is 3.31. The number of hydrogen-bond donors (Lipinski definition) is 1. The van der Waals surface area contributed by atoms with Gasteiger partial charge >= 0.3 is 0 Å². The van der Waals surface area contributed by atoms with Gasteiger partial charge in [0.2, 0.25) is 0 Å². The molecule has 20 heavy (non-hydrogen) atoms. The number of nitrogens with zero attached hydrogens (tertiary/aromatic N) is 2. The minimum Gasteiger partial charge on any atom is -0.300 e. The van der Waals surface area contributed by atoms with Gasteiger partial charge in [-0.2, -0.15) is 5.26 Å². The second kappa shape index (κ2) is 8.00. The molecule has 2 rings (SSSR count). The molecule has 3 nitrogen and oxygen atoms in total. The third-order valence-electron chi connectivity index (χ3n) is 4.71. The van der Waals surface area contributed by atoms with Gasteiger partial charge in [0.25, 0.3) is 0 Å². The first-order valence-electron chi connectivity index (χ1n) is 8.58. The monoisotopic (exact) mass is 277 g/mol. The summed E-state index contributed by atoms with van der Waals surface area (Å²) in [6.07, 6.45) is 10.3. The minimum absolute atomic E-state index is 0.0606. The minimum atomic E-state index is 0.0606. The standard InChI is InChI=1S/C17H31N3/c1-14(2)9-11-20(17-5-3-4-6-17)12-10-16(13-18)19-15-7-8-15/h14-17,19H,3-12H2,1-2H3. The van der Waals surface area contributed by atoms with Crippen LogP contribution in [0.5, 0.6) is 0 Å². The van der Waals surface area contributed by atoms with E-state index in [9.17, 15) is 5.26 Å². The molecule has 2 aliphatic rings. The van der Waals surface area contributed by atoms with Gasteiger partial charge in [0.1, 0.15) is 0 Å². The lowest BCUT2D eigenvalue weighted by molar-refractivity contribution is 0.182. The lowest BCUT2D eigenvalue weighted by atomic mass is 10.1. The van der Waals surface area contributed by atoms with Crippen molar-refractivity contribution in [1.29, 1.82) is 5.26 Å². The van der Waals surface area contributed by atoms with Gasteiger partial charge in [0.05, 0.1) is 12.1 Å². The third-order valence-corrected chi connectivity index (χ3v) is 4.71. The van der Waals surface area contributed by atoms with Gasteiger partial charge in [-0.3, -0.25) is 5.32 Å². The van der Waals surface area contributed by atoms with Crippen LogP contribution in [0.15, 0.2) is 0 Å². The molecular formula is C17H31N3. The first kappa shape index (κ1) is 15.8. The summed E-state index contributed by atoms with van der Waals surface area (Å²) in [6, 6.07) is 3.93. The van der Waals surface area contributed by atoms with Crippen LogP contribution in [0.25, 0.3) is 0 Å². The summed E-state index contributed by atoms with van der Waals surface area (Å²) in [5, 5.41) is 12.7. The largest absolute Gasteiger partial charge is 0.300 e. The Balaban J connectivity index is 1.77. The molecule has 2 aliphatic carbocycles. The molecule has 1 N–H and O–H groups in total. The summed E-state index contributed by atoms with van der Waals surface area (Å²) in [5.41, 5.74) is 0. The Morgan fingerprint density at radius 2 is 1.75 bits per heavy atom. The van der Waals surface area contributed by atoms with Crippen LogP contribution in [0, 0.1) is 17.2 Å². The highest BCUT2D eigenvalue weighted by molar-refractivity contribution is 4.96. The molecule has 0 saturated heterocycles. The molecule has 1 unspecified atom stereocenters. The van der Waals surface area contributed by atoms with Crippen molar-refractivity contribution in [3.63, 3.8) is 0 Å². The molecule has 2 fully saturated rings. The average molecular weight is 277 g/mol. The first-order chi connectivity index (χ1) is 9.69. The maximum atomic E-state index is 9.27. The Morgan fingerprint density at radius 1 is 1.10 bits per heavy atom. The van der Waals surface area contributed by atoms with Crippen LogP contribution in [0.4, 0.5) is 0 Å². The van der Waals surface area contributed by atoms with Crippen molar-refractivity contribution in [3.05, 3.63) is 0 Å². The summed E-state index contributed by atoms with van der Waals surface area (Å²) in [5.74, 6) is 0.773. The SMILES string of the molecule is CC(C)CCN(CCC(C#N)NC1CC1)C1CCCC1. The zero-order chi connectivity index (χ0) is 14.4. The molecular weight excluding hydrogens is 246 g/mol. The van der Waals surface area contributed by atoms with E-state index in [1.54, 1.807) is 0 Å². The van der Waals surface area contributed by atoms with E-state index in [0.717, 1.165) is 24.9 Å². The van der Waals surface area contributed by atoms with Crippen molar-refractivity contribution in [1.82, 2.24) is 10.2 Å². The Hall–Kier alpha value is -0.590. The third kappa shape index (κ3) is 5.42. The number of hydrogen-bond acceptors (Lipinski definition) is 3. The van der Waals surface area contributed by atoms with E-state index < -0.39 is 0 Å². The van der Waals surface area contributed by atoms with E-state index >= 15 is 0 Å². The van der Waals surface area contributed by atoms with Crippen LogP contribution in [-0.2, 0) is 0 Å². The summed E-state index contributed by atoms with van der Waals surface area (Å²) >= 11 is 0. The summed E-state index contributed by atoms with van der Waals surface area (Å²) in [4.78, 5) is 2.67. The van der Waals surface area contributed by atoms with Crippen molar-refractivity contribution in [3.8, 4) is 6.07 Å². The highest BCUT2D eigenvalue weighted by Crippen LogP contribution is 2.25.